The highest BCUT2D eigenvalue weighted by Gasteiger charge is 2.12. The standard InChI is InChI=1S/C22H23N5OS/c1-6-9-27-17(5)19(18-10-14(2)7-8-20(18)27)12-23-26-21(28)13-29-22-24-15(3)11-16(4)25-22/h1,7-8,10-12H,9,13H2,2-5H3,(H,26,28)/b23-12+. The molecule has 0 saturated heterocycles. The van der Waals surface area contributed by atoms with Crippen molar-refractivity contribution < 1.29 is 4.79 Å². The van der Waals surface area contributed by atoms with Crippen LogP contribution in [0.2, 0.25) is 0 Å². The van der Waals surface area contributed by atoms with E-state index >= 15 is 0 Å². The van der Waals surface area contributed by atoms with Crippen LogP contribution in [0.1, 0.15) is 28.2 Å². The molecule has 0 unspecified atom stereocenters. The van der Waals surface area contributed by atoms with Gasteiger partial charge in [-0.05, 0) is 45.9 Å². The molecule has 3 rings (SSSR count). The van der Waals surface area contributed by atoms with Crippen molar-refractivity contribution in [1.82, 2.24) is 20.0 Å². The van der Waals surface area contributed by atoms with Gasteiger partial charge in [-0.25, -0.2) is 15.4 Å². The Morgan fingerprint density at radius 3 is 2.66 bits per heavy atom. The number of thioether (sulfide) groups is 1. The predicted octanol–water partition coefficient (Wildman–Crippen LogP) is 3.54. The molecule has 0 aliphatic heterocycles. The summed E-state index contributed by atoms with van der Waals surface area (Å²) < 4.78 is 2.07. The van der Waals surface area contributed by atoms with Gasteiger partial charge in [-0.15, -0.1) is 6.42 Å². The van der Waals surface area contributed by atoms with E-state index < -0.39 is 0 Å². The van der Waals surface area contributed by atoms with E-state index in [4.69, 9.17) is 6.42 Å². The van der Waals surface area contributed by atoms with Gasteiger partial charge in [0.2, 0.25) is 0 Å². The molecule has 2 heterocycles. The number of rotatable bonds is 6. The number of hydrogen-bond donors (Lipinski definition) is 1. The molecule has 148 valence electrons. The first-order valence-corrected chi connectivity index (χ1v) is 10.2. The SMILES string of the molecule is C#CCn1c(C)c(/C=N/NC(=O)CSc2nc(C)cc(C)n2)c2cc(C)ccc21. The van der Waals surface area contributed by atoms with E-state index in [9.17, 15) is 4.79 Å². The number of carbonyl (C=O) groups excluding carboxylic acids is 1. The summed E-state index contributed by atoms with van der Waals surface area (Å²) in [5.74, 6) is 2.67. The minimum absolute atomic E-state index is 0.192. The number of nitrogens with one attached hydrogen (secondary N) is 1. The molecule has 3 aromatic rings. The fourth-order valence-electron chi connectivity index (χ4n) is 3.17. The first kappa shape index (κ1) is 20.6. The van der Waals surface area contributed by atoms with E-state index in [0.717, 1.165) is 39.1 Å². The van der Waals surface area contributed by atoms with Gasteiger partial charge < -0.3 is 4.57 Å². The first-order chi connectivity index (χ1) is 13.9. The molecule has 6 nitrogen and oxygen atoms in total. The quantitative estimate of drug-likeness (QED) is 0.224. The molecule has 1 aromatic carbocycles. The number of fused-ring (bicyclic) bond motifs is 1. The molecule has 0 aliphatic rings. The highest BCUT2D eigenvalue weighted by Crippen LogP contribution is 2.25. The van der Waals surface area contributed by atoms with Crippen molar-refractivity contribution in [2.45, 2.75) is 39.4 Å². The summed E-state index contributed by atoms with van der Waals surface area (Å²) in [6.07, 6.45) is 7.21. The lowest BCUT2D eigenvalue weighted by atomic mass is 10.1. The van der Waals surface area contributed by atoms with Gasteiger partial charge in [0.15, 0.2) is 5.16 Å². The molecule has 29 heavy (non-hydrogen) atoms. The van der Waals surface area contributed by atoms with E-state index in [0.29, 0.717) is 11.7 Å². The lowest BCUT2D eigenvalue weighted by Crippen LogP contribution is -2.20. The van der Waals surface area contributed by atoms with E-state index in [1.165, 1.54) is 11.8 Å². The summed E-state index contributed by atoms with van der Waals surface area (Å²) >= 11 is 1.29. The Morgan fingerprint density at radius 1 is 1.24 bits per heavy atom. The molecular weight excluding hydrogens is 382 g/mol. The van der Waals surface area contributed by atoms with Crippen molar-refractivity contribution in [3.63, 3.8) is 0 Å². The highest BCUT2D eigenvalue weighted by molar-refractivity contribution is 7.99. The summed E-state index contributed by atoms with van der Waals surface area (Å²) in [6.45, 7) is 8.34. The monoisotopic (exact) mass is 405 g/mol. The molecule has 0 atom stereocenters. The van der Waals surface area contributed by atoms with Crippen molar-refractivity contribution in [1.29, 1.82) is 0 Å². The van der Waals surface area contributed by atoms with Gasteiger partial charge in [-0.3, -0.25) is 4.79 Å². The summed E-state index contributed by atoms with van der Waals surface area (Å²) in [7, 11) is 0. The van der Waals surface area contributed by atoms with Gasteiger partial charge in [-0.2, -0.15) is 5.10 Å². The molecule has 0 radical (unpaired) electrons. The number of terminal acetylenes is 1. The maximum Gasteiger partial charge on any atom is 0.250 e. The summed E-state index contributed by atoms with van der Waals surface area (Å²) in [4.78, 5) is 20.8. The normalized spacial score (nSPS) is 11.1. The molecule has 1 amide bonds. The van der Waals surface area contributed by atoms with Crippen LogP contribution in [0.4, 0.5) is 0 Å². The van der Waals surface area contributed by atoms with Crippen LogP contribution in [0.3, 0.4) is 0 Å². The zero-order valence-corrected chi connectivity index (χ0v) is 17.8. The van der Waals surface area contributed by atoms with Crippen molar-refractivity contribution in [3.8, 4) is 12.3 Å². The van der Waals surface area contributed by atoms with Gasteiger partial charge in [0.25, 0.3) is 5.91 Å². The molecule has 0 fully saturated rings. The van der Waals surface area contributed by atoms with Crippen LogP contribution < -0.4 is 5.43 Å². The third kappa shape index (κ3) is 4.84. The number of hydrogen-bond acceptors (Lipinski definition) is 5. The van der Waals surface area contributed by atoms with Gasteiger partial charge in [-0.1, -0.05) is 29.3 Å². The van der Waals surface area contributed by atoms with E-state index in [1.807, 2.05) is 33.8 Å². The Kier molecular flexibility index (Phi) is 6.35. The molecule has 0 aliphatic carbocycles. The molecular formula is C22H23N5OS. The number of amides is 1. The Bertz CT molecular complexity index is 1120. The second kappa shape index (κ2) is 8.93. The lowest BCUT2D eigenvalue weighted by molar-refractivity contribution is -0.118. The number of hydrazone groups is 1. The van der Waals surface area contributed by atoms with Crippen molar-refractivity contribution >= 4 is 34.8 Å². The number of benzene rings is 1. The molecule has 0 spiro atoms. The fraction of sp³-hybridized carbons (Fsp3) is 0.273. The zero-order chi connectivity index (χ0) is 21.0. The molecule has 1 N–H and O–H groups in total. The zero-order valence-electron chi connectivity index (χ0n) is 17.0. The van der Waals surface area contributed by atoms with Gasteiger partial charge >= 0.3 is 0 Å². The lowest BCUT2D eigenvalue weighted by Gasteiger charge is -2.03. The van der Waals surface area contributed by atoms with Crippen molar-refractivity contribution in [3.05, 3.63) is 52.5 Å². The van der Waals surface area contributed by atoms with E-state index in [1.54, 1.807) is 6.21 Å². The average Bonchev–Trinajstić information content (AvgIpc) is 2.91. The highest BCUT2D eigenvalue weighted by atomic mass is 32.2. The maximum absolute atomic E-state index is 12.2. The Morgan fingerprint density at radius 2 is 1.97 bits per heavy atom. The van der Waals surface area contributed by atoms with Crippen LogP contribution in [-0.4, -0.2) is 32.4 Å². The van der Waals surface area contributed by atoms with Crippen LogP contribution >= 0.6 is 11.8 Å². The van der Waals surface area contributed by atoms with E-state index in [-0.39, 0.29) is 11.7 Å². The predicted molar refractivity (Wildman–Crippen MR) is 118 cm³/mol. The second-order valence-corrected chi connectivity index (χ2v) is 7.77. The van der Waals surface area contributed by atoms with Gasteiger partial charge in [0.1, 0.15) is 0 Å². The molecule has 2 aromatic heterocycles. The van der Waals surface area contributed by atoms with Crippen LogP contribution in [0.15, 0.2) is 34.5 Å². The maximum atomic E-state index is 12.2. The van der Waals surface area contributed by atoms with Crippen LogP contribution in [0.25, 0.3) is 10.9 Å². The molecule has 0 bridgehead atoms. The average molecular weight is 406 g/mol. The minimum Gasteiger partial charge on any atom is -0.333 e. The third-order valence-corrected chi connectivity index (χ3v) is 5.30. The van der Waals surface area contributed by atoms with Crippen molar-refractivity contribution in [2.24, 2.45) is 5.10 Å². The summed E-state index contributed by atoms with van der Waals surface area (Å²) in [5, 5.41) is 5.81. The van der Waals surface area contributed by atoms with E-state index in [2.05, 4.69) is 49.2 Å². The number of aryl methyl sites for hydroxylation is 3. The summed E-state index contributed by atoms with van der Waals surface area (Å²) in [5.41, 5.74) is 8.52. The van der Waals surface area contributed by atoms with Crippen LogP contribution in [0, 0.1) is 40.0 Å². The van der Waals surface area contributed by atoms with Crippen LogP contribution in [0.5, 0.6) is 0 Å². The Balaban J connectivity index is 1.72. The third-order valence-electron chi connectivity index (χ3n) is 4.45. The first-order valence-electron chi connectivity index (χ1n) is 9.19. The van der Waals surface area contributed by atoms with Gasteiger partial charge in [0.05, 0.1) is 18.5 Å². The fourth-order valence-corrected chi connectivity index (χ4v) is 3.91. The van der Waals surface area contributed by atoms with Gasteiger partial charge in [0, 0.05) is 33.5 Å². The Labute approximate surface area is 174 Å². The Hall–Kier alpha value is -3.11. The minimum atomic E-state index is -0.213. The number of aromatic nitrogens is 3. The van der Waals surface area contributed by atoms with Crippen LogP contribution in [-0.2, 0) is 11.3 Å². The topological polar surface area (TPSA) is 72.2 Å². The smallest absolute Gasteiger partial charge is 0.250 e. The van der Waals surface area contributed by atoms with Crippen molar-refractivity contribution in [2.75, 3.05) is 5.75 Å². The number of nitrogens with zero attached hydrogens (tertiary/aromatic N) is 4. The summed E-state index contributed by atoms with van der Waals surface area (Å²) in [6, 6.07) is 8.12. The largest absolute Gasteiger partial charge is 0.333 e. The molecule has 7 heteroatoms. The number of carbonyl (C=O) groups is 1. The molecule has 0 saturated carbocycles. The second-order valence-electron chi connectivity index (χ2n) is 6.83.